The number of carbonyl (C=O) groups is 1. The van der Waals surface area contributed by atoms with Crippen molar-refractivity contribution in [2.75, 3.05) is 7.05 Å². The van der Waals surface area contributed by atoms with Crippen LogP contribution in [0.25, 0.3) is 22.6 Å². The van der Waals surface area contributed by atoms with Crippen LogP contribution >= 0.6 is 0 Å². The largest absolute Gasteiger partial charge is 0.358 e. The van der Waals surface area contributed by atoms with E-state index in [2.05, 4.69) is 15.3 Å². The molecule has 0 aliphatic heterocycles. The number of halogens is 2. The van der Waals surface area contributed by atoms with E-state index in [9.17, 15) is 13.6 Å². The number of hydrogen-bond donors (Lipinski definition) is 1. The van der Waals surface area contributed by atoms with E-state index in [0.29, 0.717) is 11.3 Å². The second-order valence-corrected chi connectivity index (χ2v) is 6.63. The molecule has 2 aromatic heterocycles. The fraction of sp³-hybridized carbons (Fsp3) is 0.190. The number of nitrogens with one attached hydrogen (secondary N) is 1. The fourth-order valence-corrected chi connectivity index (χ4v) is 2.79. The van der Waals surface area contributed by atoms with Crippen molar-refractivity contribution in [2.45, 2.75) is 19.3 Å². The van der Waals surface area contributed by atoms with Crippen LogP contribution in [0.5, 0.6) is 0 Å². The van der Waals surface area contributed by atoms with E-state index in [-0.39, 0.29) is 23.0 Å². The van der Waals surface area contributed by atoms with Gasteiger partial charge in [0.1, 0.15) is 11.4 Å². The molecular formula is C21H19F2N3O. The summed E-state index contributed by atoms with van der Waals surface area (Å²) in [5, 5.41) is 2.59. The predicted molar refractivity (Wildman–Crippen MR) is 99.9 cm³/mol. The molecule has 1 N–H and O–H groups in total. The second kappa shape index (κ2) is 7.23. The highest BCUT2D eigenvalue weighted by molar-refractivity contribution is 5.86. The highest BCUT2D eigenvalue weighted by Crippen LogP contribution is 2.29. The first-order chi connectivity index (χ1) is 12.8. The van der Waals surface area contributed by atoms with E-state index in [1.807, 2.05) is 0 Å². The Bertz CT molecular complexity index is 988. The molecule has 0 aliphatic carbocycles. The van der Waals surface area contributed by atoms with Gasteiger partial charge in [-0.05, 0) is 26.0 Å². The maximum absolute atomic E-state index is 14.5. The quantitative estimate of drug-likeness (QED) is 0.755. The van der Waals surface area contributed by atoms with Gasteiger partial charge in [0.05, 0.1) is 16.8 Å². The van der Waals surface area contributed by atoms with Crippen LogP contribution in [0.15, 0.2) is 54.6 Å². The normalized spacial score (nSPS) is 11.3. The van der Waals surface area contributed by atoms with Crippen LogP contribution in [-0.4, -0.2) is 22.9 Å². The summed E-state index contributed by atoms with van der Waals surface area (Å²) in [6.07, 6.45) is 0. The number of carbonyl (C=O) groups excluding carboxylic acids is 1. The maximum atomic E-state index is 14.5. The molecule has 0 saturated carbocycles. The topological polar surface area (TPSA) is 54.9 Å². The van der Waals surface area contributed by atoms with Gasteiger partial charge in [-0.3, -0.25) is 4.79 Å². The molecule has 2 heterocycles. The van der Waals surface area contributed by atoms with Crippen LogP contribution in [0.3, 0.4) is 0 Å². The minimum absolute atomic E-state index is 0.0461. The number of likely N-dealkylation sites (N-methyl/N-ethyl adjacent to an activating group) is 1. The first kappa shape index (κ1) is 18.6. The molecule has 0 saturated heterocycles. The Morgan fingerprint density at radius 1 is 0.926 bits per heavy atom. The van der Waals surface area contributed by atoms with Gasteiger partial charge in [-0.25, -0.2) is 18.7 Å². The molecule has 6 heteroatoms. The molecule has 0 aliphatic rings. The zero-order chi connectivity index (χ0) is 19.6. The van der Waals surface area contributed by atoms with Crippen LogP contribution in [0, 0.1) is 11.6 Å². The monoisotopic (exact) mass is 367 g/mol. The van der Waals surface area contributed by atoms with Crippen LogP contribution in [0.4, 0.5) is 8.78 Å². The molecule has 1 amide bonds. The predicted octanol–water partition coefficient (Wildman–Crippen LogP) is 4.11. The van der Waals surface area contributed by atoms with Gasteiger partial charge in [-0.2, -0.15) is 0 Å². The third kappa shape index (κ3) is 3.56. The Balaban J connectivity index is 2.12. The lowest BCUT2D eigenvalue weighted by molar-refractivity contribution is -0.125. The number of benzene rings is 1. The summed E-state index contributed by atoms with van der Waals surface area (Å²) in [5.41, 5.74) is 0.307. The van der Waals surface area contributed by atoms with Crippen molar-refractivity contribution in [3.05, 3.63) is 71.9 Å². The van der Waals surface area contributed by atoms with E-state index in [1.54, 1.807) is 69.4 Å². The lowest BCUT2D eigenvalue weighted by Gasteiger charge is -2.22. The van der Waals surface area contributed by atoms with Gasteiger partial charge < -0.3 is 5.32 Å². The first-order valence-electron chi connectivity index (χ1n) is 8.46. The molecule has 0 atom stereocenters. The van der Waals surface area contributed by atoms with Crippen molar-refractivity contribution < 1.29 is 13.6 Å². The average molecular weight is 367 g/mol. The number of aromatic nitrogens is 2. The molecule has 0 bridgehead atoms. The first-order valence-corrected chi connectivity index (χ1v) is 8.46. The van der Waals surface area contributed by atoms with Gasteiger partial charge in [0, 0.05) is 18.7 Å². The lowest BCUT2D eigenvalue weighted by atomic mass is 9.87. The summed E-state index contributed by atoms with van der Waals surface area (Å²) in [7, 11) is 1.54. The summed E-state index contributed by atoms with van der Waals surface area (Å²) in [6.45, 7) is 3.45. The maximum Gasteiger partial charge on any atom is 0.231 e. The van der Waals surface area contributed by atoms with Gasteiger partial charge in [-0.15, -0.1) is 0 Å². The number of rotatable bonds is 4. The molecule has 1 aromatic carbocycles. The second-order valence-electron chi connectivity index (χ2n) is 6.63. The van der Waals surface area contributed by atoms with Gasteiger partial charge >= 0.3 is 0 Å². The molecule has 27 heavy (non-hydrogen) atoms. The zero-order valence-electron chi connectivity index (χ0n) is 15.3. The number of amides is 1. The van der Waals surface area contributed by atoms with Crippen molar-refractivity contribution in [2.24, 2.45) is 0 Å². The van der Waals surface area contributed by atoms with E-state index in [0.717, 1.165) is 6.07 Å². The Hall–Kier alpha value is -3.15. The number of pyridine rings is 2. The van der Waals surface area contributed by atoms with Gasteiger partial charge in [0.25, 0.3) is 0 Å². The van der Waals surface area contributed by atoms with Crippen molar-refractivity contribution >= 4 is 5.91 Å². The Morgan fingerprint density at radius 3 is 2.26 bits per heavy atom. The van der Waals surface area contributed by atoms with Crippen LogP contribution in [0.2, 0.25) is 0 Å². The highest BCUT2D eigenvalue weighted by atomic mass is 19.1. The molecule has 0 radical (unpaired) electrons. The molecule has 0 fully saturated rings. The molecule has 138 valence electrons. The van der Waals surface area contributed by atoms with Crippen LogP contribution in [0.1, 0.15) is 19.5 Å². The lowest BCUT2D eigenvalue weighted by Crippen LogP contribution is -2.38. The summed E-state index contributed by atoms with van der Waals surface area (Å²) in [6, 6.07) is 14.5. The highest BCUT2D eigenvalue weighted by Gasteiger charge is 2.31. The summed E-state index contributed by atoms with van der Waals surface area (Å²) in [5.74, 6) is -1.77. The minimum Gasteiger partial charge on any atom is -0.358 e. The fourth-order valence-electron chi connectivity index (χ4n) is 2.79. The van der Waals surface area contributed by atoms with Crippen molar-refractivity contribution in [1.29, 1.82) is 0 Å². The van der Waals surface area contributed by atoms with E-state index in [1.165, 1.54) is 0 Å². The van der Waals surface area contributed by atoms with Crippen LogP contribution < -0.4 is 5.32 Å². The van der Waals surface area contributed by atoms with E-state index in [4.69, 9.17) is 0 Å². The van der Waals surface area contributed by atoms with Crippen molar-refractivity contribution in [3.8, 4) is 22.6 Å². The average Bonchev–Trinajstić information content (AvgIpc) is 2.68. The van der Waals surface area contributed by atoms with Crippen LogP contribution in [-0.2, 0) is 10.2 Å². The zero-order valence-corrected chi connectivity index (χ0v) is 15.3. The SMILES string of the molecule is CNC(=O)C(C)(C)c1cccc(-c2nc(-c3ccccc3)c(F)cc2F)n1. The third-order valence-corrected chi connectivity index (χ3v) is 4.40. The minimum atomic E-state index is -0.913. The van der Waals surface area contributed by atoms with Gasteiger partial charge in [0.2, 0.25) is 5.91 Å². The number of nitrogens with zero attached hydrogens (tertiary/aromatic N) is 2. The number of hydrogen-bond acceptors (Lipinski definition) is 3. The van der Waals surface area contributed by atoms with Crippen molar-refractivity contribution in [3.63, 3.8) is 0 Å². The van der Waals surface area contributed by atoms with E-state index >= 15 is 0 Å². The molecule has 4 nitrogen and oxygen atoms in total. The smallest absolute Gasteiger partial charge is 0.231 e. The molecule has 0 unspecified atom stereocenters. The molecular weight excluding hydrogens is 348 g/mol. The third-order valence-electron chi connectivity index (χ3n) is 4.40. The van der Waals surface area contributed by atoms with Gasteiger partial charge in [0.15, 0.2) is 11.6 Å². The van der Waals surface area contributed by atoms with Crippen molar-refractivity contribution in [1.82, 2.24) is 15.3 Å². The Kier molecular flexibility index (Phi) is 4.99. The van der Waals surface area contributed by atoms with Gasteiger partial charge in [-0.1, -0.05) is 36.4 Å². The molecule has 3 aromatic rings. The Labute approximate surface area is 156 Å². The molecule has 3 rings (SSSR count). The van der Waals surface area contributed by atoms with E-state index < -0.39 is 17.0 Å². The Morgan fingerprint density at radius 2 is 1.59 bits per heavy atom. The standard InChI is InChI=1S/C21H19F2N3O/c1-21(2,20(27)24-3)17-11-7-10-16(25-17)19-15(23)12-14(22)18(26-19)13-8-5-4-6-9-13/h4-12H,1-3H3,(H,24,27). The summed E-state index contributed by atoms with van der Waals surface area (Å²) in [4.78, 5) is 20.8. The molecule has 0 spiro atoms. The summed E-state index contributed by atoms with van der Waals surface area (Å²) < 4.78 is 28.7. The summed E-state index contributed by atoms with van der Waals surface area (Å²) >= 11 is 0.